The third-order valence-corrected chi connectivity index (χ3v) is 3.74. The Labute approximate surface area is 122 Å². The average molecular weight is 299 g/mol. The molecule has 0 bridgehead atoms. The molecule has 0 saturated heterocycles. The maximum absolute atomic E-state index is 13.3. The van der Waals surface area contributed by atoms with E-state index in [1.807, 2.05) is 6.92 Å². The molecule has 1 aromatic carbocycles. The number of ether oxygens (including phenoxy) is 1. The molecule has 0 fully saturated rings. The Balaban J connectivity index is 2.27. The van der Waals surface area contributed by atoms with Crippen molar-refractivity contribution >= 4 is 29.3 Å². The van der Waals surface area contributed by atoms with Gasteiger partial charge in [0.15, 0.2) is 0 Å². The first-order valence-corrected chi connectivity index (χ1v) is 7.30. The van der Waals surface area contributed by atoms with Crippen LogP contribution in [-0.2, 0) is 14.3 Å². The molecule has 0 aliphatic rings. The van der Waals surface area contributed by atoms with E-state index in [-0.39, 0.29) is 29.2 Å². The lowest BCUT2D eigenvalue weighted by Gasteiger charge is -2.10. The van der Waals surface area contributed by atoms with Gasteiger partial charge in [-0.3, -0.25) is 9.59 Å². The first-order chi connectivity index (χ1) is 9.52. The van der Waals surface area contributed by atoms with Crippen LogP contribution in [0.1, 0.15) is 19.8 Å². The topological polar surface area (TPSA) is 55.4 Å². The summed E-state index contributed by atoms with van der Waals surface area (Å²) in [5, 5.41) is 2.60. The highest BCUT2D eigenvalue weighted by molar-refractivity contribution is 7.99. The molecule has 0 aliphatic heterocycles. The molecule has 0 spiro atoms. The first-order valence-electron chi connectivity index (χ1n) is 6.25. The van der Waals surface area contributed by atoms with Crippen LogP contribution in [-0.4, -0.2) is 30.0 Å². The van der Waals surface area contributed by atoms with E-state index in [4.69, 9.17) is 0 Å². The van der Waals surface area contributed by atoms with Gasteiger partial charge in [0, 0.05) is 17.4 Å². The maximum atomic E-state index is 13.3. The molecule has 0 aliphatic carbocycles. The molecule has 0 heterocycles. The van der Waals surface area contributed by atoms with Gasteiger partial charge in [-0.05, 0) is 12.1 Å². The van der Waals surface area contributed by atoms with Crippen molar-refractivity contribution in [1.29, 1.82) is 0 Å². The van der Waals surface area contributed by atoms with E-state index in [1.54, 1.807) is 12.1 Å². The molecule has 1 N–H and O–H groups in total. The molecule has 1 rings (SSSR count). The predicted molar refractivity (Wildman–Crippen MR) is 78.2 cm³/mol. The highest BCUT2D eigenvalue weighted by atomic mass is 32.2. The fourth-order valence-corrected chi connectivity index (χ4v) is 2.46. The number of hydrogen-bond donors (Lipinski definition) is 1. The average Bonchev–Trinajstić information content (AvgIpc) is 2.41. The molecule has 1 unspecified atom stereocenters. The lowest BCUT2D eigenvalue weighted by atomic mass is 10.3. The Morgan fingerprint density at radius 1 is 1.40 bits per heavy atom. The lowest BCUT2D eigenvalue weighted by Crippen LogP contribution is -2.15. The van der Waals surface area contributed by atoms with E-state index in [9.17, 15) is 14.0 Å². The van der Waals surface area contributed by atoms with Gasteiger partial charge in [-0.15, -0.1) is 0 Å². The van der Waals surface area contributed by atoms with E-state index < -0.39 is 5.82 Å². The summed E-state index contributed by atoms with van der Waals surface area (Å²) in [5.74, 6) is -0.389. The Morgan fingerprint density at radius 2 is 2.10 bits per heavy atom. The number of carbonyl (C=O) groups excluding carboxylic acids is 2. The summed E-state index contributed by atoms with van der Waals surface area (Å²) in [6.07, 6.45) is 0.584. The van der Waals surface area contributed by atoms with Gasteiger partial charge >= 0.3 is 5.97 Å². The molecule has 110 valence electrons. The van der Waals surface area contributed by atoms with Crippen LogP contribution in [0.2, 0.25) is 0 Å². The van der Waals surface area contributed by atoms with Gasteiger partial charge in [0.1, 0.15) is 5.82 Å². The summed E-state index contributed by atoms with van der Waals surface area (Å²) in [4.78, 5) is 22.7. The molecular weight excluding hydrogens is 281 g/mol. The highest BCUT2D eigenvalue weighted by Crippen LogP contribution is 2.17. The largest absolute Gasteiger partial charge is 0.469 e. The first kappa shape index (κ1) is 16.5. The maximum Gasteiger partial charge on any atom is 0.306 e. The number of nitrogens with one attached hydrogen (secondary N) is 1. The zero-order valence-electron chi connectivity index (χ0n) is 11.5. The summed E-state index contributed by atoms with van der Waals surface area (Å²) in [6.45, 7) is 1.90. The number of esters is 1. The van der Waals surface area contributed by atoms with Crippen LogP contribution >= 0.6 is 11.8 Å². The highest BCUT2D eigenvalue weighted by Gasteiger charge is 2.11. The zero-order valence-corrected chi connectivity index (χ0v) is 12.3. The molecule has 0 aromatic heterocycles. The lowest BCUT2D eigenvalue weighted by molar-refractivity contribution is -0.140. The van der Waals surface area contributed by atoms with Crippen LogP contribution in [0.4, 0.5) is 10.1 Å². The molecule has 4 nitrogen and oxygen atoms in total. The van der Waals surface area contributed by atoms with Crippen molar-refractivity contribution in [3.05, 3.63) is 30.1 Å². The van der Waals surface area contributed by atoms with Crippen molar-refractivity contribution in [2.45, 2.75) is 25.0 Å². The standard InChI is InChI=1S/C14H18FNO3S/c1-10(9-14(18)19-2)20-8-7-13(17)16-12-6-4-3-5-11(12)15/h3-6,10H,7-9H2,1-2H3,(H,16,17). The number of anilines is 1. The smallest absolute Gasteiger partial charge is 0.306 e. The van der Waals surface area contributed by atoms with Crippen molar-refractivity contribution in [3.63, 3.8) is 0 Å². The molecular formula is C14H18FNO3S. The third-order valence-electron chi connectivity index (χ3n) is 2.56. The fraction of sp³-hybridized carbons (Fsp3) is 0.429. The number of rotatable bonds is 7. The molecule has 6 heteroatoms. The summed E-state index contributed by atoms with van der Waals surface area (Å²) in [7, 11) is 1.35. The van der Waals surface area contributed by atoms with Crippen LogP contribution in [0.3, 0.4) is 0 Å². The summed E-state index contributed by atoms with van der Waals surface area (Å²) in [6, 6.07) is 6.03. The Morgan fingerprint density at radius 3 is 2.75 bits per heavy atom. The summed E-state index contributed by atoms with van der Waals surface area (Å²) in [5.41, 5.74) is 0.185. The van der Waals surface area contributed by atoms with Gasteiger partial charge in [-0.25, -0.2) is 4.39 Å². The second-order valence-corrected chi connectivity index (χ2v) is 5.79. The van der Waals surface area contributed by atoms with Crippen LogP contribution < -0.4 is 5.32 Å². The second-order valence-electron chi connectivity index (χ2n) is 4.24. The normalized spacial score (nSPS) is 11.8. The number of para-hydroxylation sites is 1. The number of methoxy groups -OCH3 is 1. The second kappa shape index (κ2) is 8.58. The Bertz CT molecular complexity index is 467. The summed E-state index contributed by atoms with van der Waals surface area (Å²) < 4.78 is 17.9. The van der Waals surface area contributed by atoms with Gasteiger partial charge in [0.25, 0.3) is 0 Å². The van der Waals surface area contributed by atoms with E-state index >= 15 is 0 Å². The van der Waals surface area contributed by atoms with Crippen molar-refractivity contribution in [2.75, 3.05) is 18.2 Å². The van der Waals surface area contributed by atoms with Gasteiger partial charge in [0.05, 0.1) is 19.2 Å². The number of carbonyl (C=O) groups is 2. The van der Waals surface area contributed by atoms with E-state index in [0.717, 1.165) is 0 Å². The zero-order chi connectivity index (χ0) is 15.0. The minimum absolute atomic E-state index is 0.0868. The van der Waals surface area contributed by atoms with E-state index in [2.05, 4.69) is 10.1 Å². The van der Waals surface area contributed by atoms with Crippen LogP contribution in [0.15, 0.2) is 24.3 Å². The Hall–Kier alpha value is -1.56. The molecule has 0 radical (unpaired) electrons. The molecule has 0 saturated carbocycles. The number of amides is 1. The van der Waals surface area contributed by atoms with Gasteiger partial charge in [-0.2, -0.15) is 11.8 Å². The van der Waals surface area contributed by atoms with Gasteiger partial charge < -0.3 is 10.1 Å². The fourth-order valence-electron chi connectivity index (χ4n) is 1.51. The number of halogens is 1. The number of thioether (sulfide) groups is 1. The molecule has 1 amide bonds. The van der Waals surface area contributed by atoms with E-state index in [1.165, 1.54) is 31.0 Å². The SMILES string of the molecule is COC(=O)CC(C)SCCC(=O)Nc1ccccc1F. The van der Waals surface area contributed by atoms with Gasteiger partial charge in [0.2, 0.25) is 5.91 Å². The predicted octanol–water partition coefficient (Wildman–Crippen LogP) is 2.84. The monoisotopic (exact) mass is 299 g/mol. The molecule has 1 aromatic rings. The van der Waals surface area contributed by atoms with Gasteiger partial charge in [-0.1, -0.05) is 19.1 Å². The third kappa shape index (κ3) is 6.06. The summed E-state index contributed by atoms with van der Waals surface area (Å²) >= 11 is 1.51. The van der Waals surface area contributed by atoms with Crippen LogP contribution in [0.5, 0.6) is 0 Å². The number of hydrogen-bond acceptors (Lipinski definition) is 4. The minimum atomic E-state index is -0.451. The molecule has 20 heavy (non-hydrogen) atoms. The van der Waals surface area contributed by atoms with Crippen molar-refractivity contribution in [2.24, 2.45) is 0 Å². The van der Waals surface area contributed by atoms with Crippen LogP contribution in [0, 0.1) is 5.82 Å². The van der Waals surface area contributed by atoms with Crippen molar-refractivity contribution in [3.8, 4) is 0 Å². The number of benzene rings is 1. The Kier molecular flexibility index (Phi) is 7.08. The van der Waals surface area contributed by atoms with E-state index in [0.29, 0.717) is 12.2 Å². The quantitative estimate of drug-likeness (QED) is 0.787. The van der Waals surface area contributed by atoms with Crippen molar-refractivity contribution in [1.82, 2.24) is 0 Å². The van der Waals surface area contributed by atoms with Crippen LogP contribution in [0.25, 0.3) is 0 Å². The van der Waals surface area contributed by atoms with Crippen molar-refractivity contribution < 1.29 is 18.7 Å². The minimum Gasteiger partial charge on any atom is -0.469 e. The molecule has 1 atom stereocenters.